The van der Waals surface area contributed by atoms with Gasteiger partial charge in [-0.25, -0.2) is 4.68 Å². The van der Waals surface area contributed by atoms with E-state index in [-0.39, 0.29) is 11.6 Å². The SMILES string of the molecule is O=C(Nc1ccnn1C1CCCC1)c1ccc(C(F)(F)F)nc1. The summed E-state index contributed by atoms with van der Waals surface area (Å²) in [7, 11) is 0. The molecule has 0 atom stereocenters. The van der Waals surface area contributed by atoms with E-state index in [1.165, 1.54) is 0 Å². The first-order chi connectivity index (χ1) is 10.9. The van der Waals surface area contributed by atoms with Gasteiger partial charge in [-0.3, -0.25) is 9.78 Å². The molecule has 122 valence electrons. The van der Waals surface area contributed by atoms with Crippen molar-refractivity contribution >= 4 is 11.7 Å². The molecule has 23 heavy (non-hydrogen) atoms. The molecule has 0 saturated heterocycles. The van der Waals surface area contributed by atoms with E-state index in [2.05, 4.69) is 15.4 Å². The van der Waals surface area contributed by atoms with E-state index in [9.17, 15) is 18.0 Å². The largest absolute Gasteiger partial charge is 0.433 e. The number of hydrogen-bond acceptors (Lipinski definition) is 3. The van der Waals surface area contributed by atoms with Gasteiger partial charge in [0, 0.05) is 12.3 Å². The highest BCUT2D eigenvalue weighted by molar-refractivity contribution is 6.03. The van der Waals surface area contributed by atoms with Crippen molar-refractivity contribution in [2.75, 3.05) is 5.32 Å². The normalized spacial score (nSPS) is 15.8. The maximum absolute atomic E-state index is 12.5. The summed E-state index contributed by atoms with van der Waals surface area (Å²) >= 11 is 0. The van der Waals surface area contributed by atoms with Crippen LogP contribution in [0.4, 0.5) is 19.0 Å². The Balaban J connectivity index is 1.73. The van der Waals surface area contributed by atoms with Gasteiger partial charge in [-0.05, 0) is 25.0 Å². The number of anilines is 1. The van der Waals surface area contributed by atoms with Crippen LogP contribution in [0.3, 0.4) is 0 Å². The van der Waals surface area contributed by atoms with Crippen LogP contribution in [-0.4, -0.2) is 20.7 Å². The van der Waals surface area contributed by atoms with Crippen LogP contribution < -0.4 is 5.32 Å². The number of carbonyl (C=O) groups is 1. The third kappa shape index (κ3) is 3.35. The number of alkyl halides is 3. The van der Waals surface area contributed by atoms with E-state index in [0.717, 1.165) is 44.0 Å². The molecule has 0 spiro atoms. The van der Waals surface area contributed by atoms with Gasteiger partial charge in [0.2, 0.25) is 0 Å². The van der Waals surface area contributed by atoms with E-state index in [4.69, 9.17) is 0 Å². The van der Waals surface area contributed by atoms with E-state index in [1.54, 1.807) is 16.9 Å². The Morgan fingerprint density at radius 3 is 2.57 bits per heavy atom. The maximum atomic E-state index is 12.5. The average Bonchev–Trinajstić information content (AvgIpc) is 3.17. The molecule has 0 aliphatic heterocycles. The number of pyridine rings is 1. The van der Waals surface area contributed by atoms with Crippen LogP contribution in [0.1, 0.15) is 47.8 Å². The van der Waals surface area contributed by atoms with Gasteiger partial charge in [-0.15, -0.1) is 0 Å². The fraction of sp³-hybridized carbons (Fsp3) is 0.400. The summed E-state index contributed by atoms with van der Waals surface area (Å²) in [5.74, 6) is 0.0350. The molecule has 1 N–H and O–H groups in total. The van der Waals surface area contributed by atoms with E-state index in [1.807, 2.05) is 0 Å². The highest BCUT2D eigenvalue weighted by atomic mass is 19.4. The average molecular weight is 324 g/mol. The maximum Gasteiger partial charge on any atom is 0.433 e. The van der Waals surface area contributed by atoms with Crippen LogP contribution in [0.15, 0.2) is 30.6 Å². The van der Waals surface area contributed by atoms with Gasteiger partial charge in [0.05, 0.1) is 17.8 Å². The summed E-state index contributed by atoms with van der Waals surface area (Å²) in [6.07, 6.45) is 2.27. The second-order valence-electron chi connectivity index (χ2n) is 5.48. The summed E-state index contributed by atoms with van der Waals surface area (Å²) in [6, 6.07) is 3.84. The summed E-state index contributed by atoms with van der Waals surface area (Å²) in [5.41, 5.74) is -0.956. The minimum Gasteiger partial charge on any atom is -0.307 e. The number of aromatic nitrogens is 3. The van der Waals surface area contributed by atoms with Gasteiger partial charge in [-0.1, -0.05) is 12.8 Å². The second kappa shape index (κ2) is 6.02. The summed E-state index contributed by atoms with van der Waals surface area (Å²) < 4.78 is 39.2. The molecule has 1 aliphatic carbocycles. The minimum atomic E-state index is -4.52. The van der Waals surface area contributed by atoms with Crippen LogP contribution in [0.25, 0.3) is 0 Å². The van der Waals surface area contributed by atoms with Gasteiger partial charge >= 0.3 is 6.18 Å². The zero-order valence-electron chi connectivity index (χ0n) is 12.2. The van der Waals surface area contributed by atoms with Crippen LogP contribution in [-0.2, 0) is 6.18 Å². The molecule has 0 aromatic carbocycles. The third-order valence-electron chi connectivity index (χ3n) is 3.90. The van der Waals surface area contributed by atoms with Crippen LogP contribution >= 0.6 is 0 Å². The van der Waals surface area contributed by atoms with Crippen LogP contribution in [0.2, 0.25) is 0 Å². The fourth-order valence-corrected chi connectivity index (χ4v) is 2.74. The van der Waals surface area contributed by atoms with Gasteiger partial charge in [0.15, 0.2) is 0 Å². The van der Waals surface area contributed by atoms with Gasteiger partial charge in [0.1, 0.15) is 11.5 Å². The first kappa shape index (κ1) is 15.5. The summed E-state index contributed by atoms with van der Waals surface area (Å²) in [5, 5.41) is 6.91. The zero-order valence-corrected chi connectivity index (χ0v) is 12.2. The second-order valence-corrected chi connectivity index (χ2v) is 5.48. The van der Waals surface area contributed by atoms with E-state index < -0.39 is 17.8 Å². The molecule has 1 fully saturated rings. The Kier molecular flexibility index (Phi) is 4.06. The minimum absolute atomic E-state index is 0.0668. The number of halogens is 3. The van der Waals surface area contributed by atoms with Gasteiger partial charge in [-0.2, -0.15) is 18.3 Å². The van der Waals surface area contributed by atoms with E-state index >= 15 is 0 Å². The smallest absolute Gasteiger partial charge is 0.307 e. The Morgan fingerprint density at radius 1 is 1.22 bits per heavy atom. The lowest BCUT2D eigenvalue weighted by atomic mass is 10.2. The molecule has 1 amide bonds. The number of amides is 1. The Bertz CT molecular complexity index is 687. The number of rotatable bonds is 3. The van der Waals surface area contributed by atoms with Crippen LogP contribution in [0.5, 0.6) is 0 Å². The lowest BCUT2D eigenvalue weighted by Gasteiger charge is -2.14. The van der Waals surface area contributed by atoms with Crippen molar-refractivity contribution in [3.8, 4) is 0 Å². The lowest BCUT2D eigenvalue weighted by molar-refractivity contribution is -0.141. The third-order valence-corrected chi connectivity index (χ3v) is 3.90. The monoisotopic (exact) mass is 324 g/mol. The van der Waals surface area contributed by atoms with Gasteiger partial charge in [0.25, 0.3) is 5.91 Å². The van der Waals surface area contributed by atoms with E-state index in [0.29, 0.717) is 5.82 Å². The molecule has 2 aromatic heterocycles. The topological polar surface area (TPSA) is 59.8 Å². The molecule has 5 nitrogen and oxygen atoms in total. The van der Waals surface area contributed by atoms with Gasteiger partial charge < -0.3 is 5.32 Å². The predicted octanol–water partition coefficient (Wildman–Crippen LogP) is 3.66. The first-order valence-electron chi connectivity index (χ1n) is 7.33. The lowest BCUT2D eigenvalue weighted by Crippen LogP contribution is -2.18. The highest BCUT2D eigenvalue weighted by Gasteiger charge is 2.32. The molecule has 8 heteroatoms. The molecule has 0 radical (unpaired) electrons. The number of nitrogens with one attached hydrogen (secondary N) is 1. The molecule has 0 unspecified atom stereocenters. The number of nitrogens with zero attached hydrogens (tertiary/aromatic N) is 3. The van der Waals surface area contributed by atoms with Crippen molar-refractivity contribution in [1.29, 1.82) is 0 Å². The quantitative estimate of drug-likeness (QED) is 0.937. The zero-order chi connectivity index (χ0) is 16.4. The summed E-state index contributed by atoms with van der Waals surface area (Å²) in [4.78, 5) is 15.5. The molecule has 2 heterocycles. The Hall–Kier alpha value is -2.38. The molecule has 0 bridgehead atoms. The summed E-state index contributed by atoms with van der Waals surface area (Å²) in [6.45, 7) is 0. The molecule has 2 aromatic rings. The Morgan fingerprint density at radius 2 is 1.96 bits per heavy atom. The standard InChI is InChI=1S/C15H15F3N4O/c16-15(17,18)12-6-5-10(9-19-12)14(23)21-13-7-8-20-22(13)11-3-1-2-4-11/h5-9,11H,1-4H2,(H,21,23). The molecular formula is C15H15F3N4O. The highest BCUT2D eigenvalue weighted by Crippen LogP contribution is 2.31. The molecule has 1 aliphatic rings. The molecule has 3 rings (SSSR count). The van der Waals surface area contributed by atoms with Crippen molar-refractivity contribution in [2.24, 2.45) is 0 Å². The molecular weight excluding hydrogens is 309 g/mol. The first-order valence-corrected chi connectivity index (χ1v) is 7.33. The Labute approximate surface area is 130 Å². The molecule has 1 saturated carbocycles. The van der Waals surface area contributed by atoms with Crippen molar-refractivity contribution in [3.63, 3.8) is 0 Å². The van der Waals surface area contributed by atoms with Crippen LogP contribution in [0, 0.1) is 0 Å². The number of carbonyl (C=O) groups excluding carboxylic acids is 1. The van der Waals surface area contributed by atoms with Crippen molar-refractivity contribution in [1.82, 2.24) is 14.8 Å². The number of hydrogen-bond donors (Lipinski definition) is 1. The van der Waals surface area contributed by atoms with Crippen molar-refractivity contribution < 1.29 is 18.0 Å². The van der Waals surface area contributed by atoms with Crippen molar-refractivity contribution in [2.45, 2.75) is 37.9 Å². The van der Waals surface area contributed by atoms with Crippen molar-refractivity contribution in [3.05, 3.63) is 41.9 Å². The fourth-order valence-electron chi connectivity index (χ4n) is 2.74. The predicted molar refractivity (Wildman–Crippen MR) is 76.9 cm³/mol.